The lowest BCUT2D eigenvalue weighted by atomic mass is 9.85. The van der Waals surface area contributed by atoms with Crippen LogP contribution in [0.25, 0.3) is 11.4 Å². The summed E-state index contributed by atoms with van der Waals surface area (Å²) >= 11 is 0. The smallest absolute Gasteiger partial charge is 0.226 e. The van der Waals surface area contributed by atoms with Crippen LogP contribution in [-0.2, 0) is 11.4 Å². The standard InChI is InChI=1S/C29H26N4O4/c1-36-25-16-20(12-15-24(25)37-17-18-6-3-2-4-7-18)27-26-22(8-5-9-23(26)35)30-29-31-28(32-33(27)29)19-10-13-21(34)14-11-19/h2-4,6-7,10-16,27,34H,5,8-9,17H2,1H3,(H,30,31,32). The number of carbonyl (C=O) groups excluding carboxylic acids is 1. The van der Waals surface area contributed by atoms with Gasteiger partial charge in [-0.15, -0.1) is 5.10 Å². The molecule has 37 heavy (non-hydrogen) atoms. The molecule has 0 radical (unpaired) electrons. The van der Waals surface area contributed by atoms with Crippen LogP contribution >= 0.6 is 0 Å². The Balaban J connectivity index is 1.40. The van der Waals surface area contributed by atoms with Gasteiger partial charge in [-0.1, -0.05) is 36.4 Å². The Bertz CT molecular complexity index is 1490. The molecule has 0 fully saturated rings. The number of anilines is 1. The number of methoxy groups -OCH3 is 1. The molecule has 3 aromatic carbocycles. The van der Waals surface area contributed by atoms with Crippen LogP contribution in [0.1, 0.15) is 36.4 Å². The second-order valence-corrected chi connectivity index (χ2v) is 9.13. The van der Waals surface area contributed by atoms with Gasteiger partial charge < -0.3 is 19.9 Å². The van der Waals surface area contributed by atoms with E-state index in [-0.39, 0.29) is 11.5 Å². The first-order valence-electron chi connectivity index (χ1n) is 12.2. The Hall–Kier alpha value is -4.59. The molecule has 1 aromatic heterocycles. The second kappa shape index (κ2) is 9.46. The number of ketones is 1. The fraction of sp³-hybridized carbons (Fsp3) is 0.207. The lowest BCUT2D eigenvalue weighted by molar-refractivity contribution is -0.116. The van der Waals surface area contributed by atoms with Crippen molar-refractivity contribution in [2.45, 2.75) is 31.9 Å². The SMILES string of the molecule is COc1cc(C2C3=C(CCCC3=O)Nc3nc(-c4ccc(O)cc4)nn32)ccc1OCc1ccccc1. The lowest BCUT2D eigenvalue weighted by Gasteiger charge is -2.32. The Kier molecular flexibility index (Phi) is 5.84. The third kappa shape index (κ3) is 4.31. The Morgan fingerprint density at radius 2 is 1.84 bits per heavy atom. The lowest BCUT2D eigenvalue weighted by Crippen LogP contribution is -2.31. The van der Waals surface area contributed by atoms with Crippen molar-refractivity contribution in [2.24, 2.45) is 0 Å². The summed E-state index contributed by atoms with van der Waals surface area (Å²) in [6.07, 6.45) is 2.07. The van der Waals surface area contributed by atoms with Crippen molar-refractivity contribution in [3.63, 3.8) is 0 Å². The highest BCUT2D eigenvalue weighted by atomic mass is 16.5. The highest BCUT2D eigenvalue weighted by molar-refractivity contribution is 5.99. The number of hydrogen-bond donors (Lipinski definition) is 2. The molecule has 6 rings (SSSR count). The number of aromatic nitrogens is 3. The molecule has 2 N–H and O–H groups in total. The van der Waals surface area contributed by atoms with Crippen LogP contribution in [-0.4, -0.2) is 32.8 Å². The monoisotopic (exact) mass is 494 g/mol. The number of phenols is 1. The average Bonchev–Trinajstić information content (AvgIpc) is 3.35. The quantitative estimate of drug-likeness (QED) is 0.377. The van der Waals surface area contributed by atoms with E-state index in [1.807, 2.05) is 48.5 Å². The van der Waals surface area contributed by atoms with Crippen molar-refractivity contribution in [1.29, 1.82) is 0 Å². The van der Waals surface area contributed by atoms with E-state index in [0.717, 1.165) is 35.2 Å². The second-order valence-electron chi connectivity index (χ2n) is 9.13. The van der Waals surface area contributed by atoms with Crippen molar-refractivity contribution in [2.75, 3.05) is 12.4 Å². The van der Waals surface area contributed by atoms with Gasteiger partial charge in [0.1, 0.15) is 18.4 Å². The van der Waals surface area contributed by atoms with Gasteiger partial charge in [0.15, 0.2) is 23.1 Å². The van der Waals surface area contributed by atoms with Gasteiger partial charge in [0, 0.05) is 23.3 Å². The Morgan fingerprint density at radius 3 is 2.62 bits per heavy atom. The molecule has 4 aromatic rings. The van der Waals surface area contributed by atoms with Gasteiger partial charge >= 0.3 is 0 Å². The number of Topliss-reactive ketones (excluding diaryl/α,β-unsaturated/α-hetero) is 1. The van der Waals surface area contributed by atoms with Gasteiger partial charge in [-0.05, 0) is 60.4 Å². The number of hydrogen-bond acceptors (Lipinski definition) is 7. The molecule has 2 heterocycles. The zero-order valence-corrected chi connectivity index (χ0v) is 20.3. The van der Waals surface area contributed by atoms with Gasteiger partial charge in [-0.2, -0.15) is 4.98 Å². The molecule has 8 nitrogen and oxygen atoms in total. The number of carbonyl (C=O) groups is 1. The molecule has 0 saturated heterocycles. The molecule has 0 saturated carbocycles. The maximum absolute atomic E-state index is 13.2. The minimum absolute atomic E-state index is 0.106. The van der Waals surface area contributed by atoms with Crippen LogP contribution in [0.15, 0.2) is 84.1 Å². The van der Waals surface area contributed by atoms with E-state index < -0.39 is 6.04 Å². The van der Waals surface area contributed by atoms with E-state index in [1.165, 1.54) is 0 Å². The number of fused-ring (bicyclic) bond motifs is 1. The van der Waals surface area contributed by atoms with E-state index >= 15 is 0 Å². The number of allylic oxidation sites excluding steroid dienone is 2. The van der Waals surface area contributed by atoms with Gasteiger partial charge in [-0.3, -0.25) is 4.79 Å². The van der Waals surface area contributed by atoms with Crippen molar-refractivity contribution >= 4 is 11.7 Å². The van der Waals surface area contributed by atoms with E-state index in [0.29, 0.717) is 41.9 Å². The Morgan fingerprint density at radius 1 is 1.03 bits per heavy atom. The van der Waals surface area contributed by atoms with Gasteiger partial charge in [0.25, 0.3) is 0 Å². The molecule has 1 atom stereocenters. The minimum atomic E-state index is -0.450. The molecule has 1 aliphatic heterocycles. The molecule has 186 valence electrons. The summed E-state index contributed by atoms with van der Waals surface area (Å²) in [6, 6.07) is 22.0. The number of nitrogens with one attached hydrogen (secondary N) is 1. The molecular formula is C29H26N4O4. The molecule has 0 spiro atoms. The third-order valence-electron chi connectivity index (χ3n) is 6.73. The molecule has 1 unspecified atom stereocenters. The summed E-state index contributed by atoms with van der Waals surface area (Å²) in [5.74, 6) is 2.57. The molecular weight excluding hydrogens is 468 g/mol. The van der Waals surface area contributed by atoms with Crippen molar-refractivity contribution < 1.29 is 19.4 Å². The van der Waals surface area contributed by atoms with Gasteiger partial charge in [-0.25, -0.2) is 4.68 Å². The van der Waals surface area contributed by atoms with Crippen LogP contribution in [0.5, 0.6) is 17.2 Å². The fourth-order valence-corrected chi connectivity index (χ4v) is 4.91. The molecule has 0 bridgehead atoms. The summed E-state index contributed by atoms with van der Waals surface area (Å²) < 4.78 is 13.5. The zero-order chi connectivity index (χ0) is 25.4. The first-order chi connectivity index (χ1) is 18.1. The van der Waals surface area contributed by atoms with Crippen LogP contribution in [0.3, 0.4) is 0 Å². The number of aromatic hydroxyl groups is 1. The van der Waals surface area contributed by atoms with E-state index in [4.69, 9.17) is 19.6 Å². The summed E-state index contributed by atoms with van der Waals surface area (Å²) in [4.78, 5) is 17.9. The molecule has 8 heteroatoms. The summed E-state index contributed by atoms with van der Waals surface area (Å²) in [5.41, 5.74) is 4.29. The van der Waals surface area contributed by atoms with Crippen LogP contribution in [0.4, 0.5) is 5.95 Å². The highest BCUT2D eigenvalue weighted by Gasteiger charge is 2.37. The predicted molar refractivity (Wildman–Crippen MR) is 139 cm³/mol. The maximum atomic E-state index is 13.2. The minimum Gasteiger partial charge on any atom is -0.508 e. The number of ether oxygens (including phenoxy) is 2. The first-order valence-corrected chi connectivity index (χ1v) is 12.2. The molecule has 2 aliphatic rings. The van der Waals surface area contributed by atoms with Crippen LogP contribution < -0.4 is 14.8 Å². The Labute approximate surface area is 214 Å². The third-order valence-corrected chi connectivity index (χ3v) is 6.73. The first kappa shape index (κ1) is 22.8. The van der Waals surface area contributed by atoms with Crippen molar-refractivity contribution in [3.8, 4) is 28.6 Å². The number of rotatable bonds is 6. The maximum Gasteiger partial charge on any atom is 0.226 e. The van der Waals surface area contributed by atoms with Gasteiger partial charge in [0.2, 0.25) is 5.95 Å². The van der Waals surface area contributed by atoms with E-state index in [9.17, 15) is 9.90 Å². The van der Waals surface area contributed by atoms with Crippen LogP contribution in [0.2, 0.25) is 0 Å². The van der Waals surface area contributed by atoms with Gasteiger partial charge in [0.05, 0.1) is 7.11 Å². The van der Waals surface area contributed by atoms with Crippen LogP contribution in [0, 0.1) is 0 Å². The largest absolute Gasteiger partial charge is 0.508 e. The number of phenolic OH excluding ortho intramolecular Hbond substituents is 1. The van der Waals surface area contributed by atoms with E-state index in [2.05, 4.69) is 5.32 Å². The summed E-state index contributed by atoms with van der Waals surface area (Å²) in [5, 5.41) is 17.8. The summed E-state index contributed by atoms with van der Waals surface area (Å²) in [6.45, 7) is 0.418. The summed E-state index contributed by atoms with van der Waals surface area (Å²) in [7, 11) is 1.61. The predicted octanol–water partition coefficient (Wildman–Crippen LogP) is 5.26. The average molecular weight is 495 g/mol. The van der Waals surface area contributed by atoms with Crippen molar-refractivity contribution in [1.82, 2.24) is 14.8 Å². The molecule has 0 amide bonds. The normalized spacial score (nSPS) is 16.6. The molecule has 1 aliphatic carbocycles. The number of nitrogens with zero attached hydrogens (tertiary/aromatic N) is 3. The van der Waals surface area contributed by atoms with E-state index in [1.54, 1.807) is 36.1 Å². The fourth-order valence-electron chi connectivity index (χ4n) is 4.91. The van der Waals surface area contributed by atoms with Crippen molar-refractivity contribution in [3.05, 3.63) is 95.2 Å². The topological polar surface area (TPSA) is 98.5 Å². The number of benzene rings is 3. The zero-order valence-electron chi connectivity index (χ0n) is 20.3. The highest BCUT2D eigenvalue weighted by Crippen LogP contribution is 2.42.